The zero-order chi connectivity index (χ0) is 11.1. The summed E-state index contributed by atoms with van der Waals surface area (Å²) in [4.78, 5) is 6.72. The molecule has 0 aliphatic rings. The third-order valence-corrected chi connectivity index (χ3v) is 3.35. The van der Waals surface area contributed by atoms with E-state index < -0.39 is 9.05 Å². The predicted octanol–water partition coefficient (Wildman–Crippen LogP) is 1.50. The van der Waals surface area contributed by atoms with Crippen LogP contribution in [0.2, 0.25) is 0 Å². The van der Waals surface area contributed by atoms with Crippen LogP contribution in [0.25, 0.3) is 10.9 Å². The molecule has 5 nitrogen and oxygen atoms in total. The lowest BCUT2D eigenvalue weighted by Gasteiger charge is -1.99. The average Bonchev–Trinajstić information content (AvgIpc) is 2.59. The van der Waals surface area contributed by atoms with Gasteiger partial charge in [0.1, 0.15) is 10.4 Å². The fraction of sp³-hybridized carbons (Fsp3) is 0.125. The summed E-state index contributed by atoms with van der Waals surface area (Å²) in [5.74, 6) is 0.332. The van der Waals surface area contributed by atoms with Crippen molar-refractivity contribution in [3.63, 3.8) is 0 Å². The maximum atomic E-state index is 11.2. The molecule has 0 amide bonds. The molecule has 15 heavy (non-hydrogen) atoms. The van der Waals surface area contributed by atoms with E-state index in [4.69, 9.17) is 15.4 Å². The summed E-state index contributed by atoms with van der Waals surface area (Å²) in [6.07, 6.45) is 2.78. The lowest BCUT2D eigenvalue weighted by molar-refractivity contribution is 0.402. The van der Waals surface area contributed by atoms with Crippen molar-refractivity contribution in [2.75, 3.05) is 7.11 Å². The summed E-state index contributed by atoms with van der Waals surface area (Å²) in [5, 5.41) is 0.469. The number of pyridine rings is 1. The molecule has 2 aromatic rings. The minimum atomic E-state index is -3.75. The van der Waals surface area contributed by atoms with E-state index in [1.54, 1.807) is 6.07 Å². The van der Waals surface area contributed by atoms with Gasteiger partial charge in [0.25, 0.3) is 9.05 Å². The molecule has 0 atom stereocenters. The first-order chi connectivity index (χ1) is 7.04. The molecule has 0 spiro atoms. The lowest BCUT2D eigenvalue weighted by atomic mass is 10.3. The first kappa shape index (κ1) is 10.3. The van der Waals surface area contributed by atoms with E-state index in [0.29, 0.717) is 16.8 Å². The summed E-state index contributed by atoms with van der Waals surface area (Å²) in [7, 11) is 2.97. The molecule has 0 fully saturated rings. The van der Waals surface area contributed by atoms with Gasteiger partial charge in [-0.2, -0.15) is 0 Å². The maximum absolute atomic E-state index is 11.2. The van der Waals surface area contributed by atoms with Crippen molar-refractivity contribution in [2.24, 2.45) is 0 Å². The smallest absolute Gasteiger partial charge is 0.263 e. The van der Waals surface area contributed by atoms with Crippen LogP contribution in [0.5, 0.6) is 5.88 Å². The molecule has 0 radical (unpaired) electrons. The summed E-state index contributed by atoms with van der Waals surface area (Å²) < 4.78 is 27.4. The molecule has 0 aliphatic heterocycles. The van der Waals surface area contributed by atoms with Crippen LogP contribution in [0.3, 0.4) is 0 Å². The number of rotatable bonds is 2. The van der Waals surface area contributed by atoms with Crippen molar-refractivity contribution in [3.8, 4) is 5.88 Å². The summed E-state index contributed by atoms with van der Waals surface area (Å²) in [6.45, 7) is 0. The van der Waals surface area contributed by atoms with E-state index in [0.717, 1.165) is 0 Å². The van der Waals surface area contributed by atoms with Gasteiger partial charge in [-0.25, -0.2) is 13.4 Å². The minimum absolute atomic E-state index is 0.0277. The van der Waals surface area contributed by atoms with Gasteiger partial charge >= 0.3 is 0 Å². The topological polar surface area (TPSA) is 72.0 Å². The molecule has 0 aromatic carbocycles. The molecule has 0 bridgehead atoms. The number of H-pyrrole nitrogens is 1. The van der Waals surface area contributed by atoms with Crippen molar-refractivity contribution in [3.05, 3.63) is 18.5 Å². The van der Waals surface area contributed by atoms with Crippen LogP contribution in [0, 0.1) is 0 Å². The van der Waals surface area contributed by atoms with Gasteiger partial charge in [-0.15, -0.1) is 0 Å². The number of halogens is 1. The first-order valence-electron chi connectivity index (χ1n) is 3.99. The Morgan fingerprint density at radius 3 is 2.87 bits per heavy atom. The van der Waals surface area contributed by atoms with Gasteiger partial charge in [-0.1, -0.05) is 0 Å². The number of aromatic amines is 1. The molecule has 0 saturated carbocycles. The van der Waals surface area contributed by atoms with Crippen molar-refractivity contribution < 1.29 is 13.2 Å². The zero-order valence-electron chi connectivity index (χ0n) is 7.69. The Balaban J connectivity index is 2.83. The fourth-order valence-corrected chi connectivity index (χ4v) is 2.37. The number of aromatic nitrogens is 2. The van der Waals surface area contributed by atoms with Gasteiger partial charge < -0.3 is 9.72 Å². The van der Waals surface area contributed by atoms with Gasteiger partial charge in [0.2, 0.25) is 5.88 Å². The first-order valence-corrected chi connectivity index (χ1v) is 6.29. The van der Waals surface area contributed by atoms with Crippen molar-refractivity contribution in [1.82, 2.24) is 9.97 Å². The molecule has 0 saturated heterocycles. The highest BCUT2D eigenvalue weighted by atomic mass is 35.7. The standard InChI is InChI=1S/C8H7ClN2O3S/c1-14-8-7-5(2-3-10-8)6(4-11-7)15(9,12)13/h2-4,11H,1H3. The Labute approximate surface area is 90.5 Å². The van der Waals surface area contributed by atoms with Crippen LogP contribution in [0.4, 0.5) is 0 Å². The number of hydrogen-bond donors (Lipinski definition) is 1. The van der Waals surface area contributed by atoms with E-state index >= 15 is 0 Å². The molecular weight excluding hydrogens is 240 g/mol. The monoisotopic (exact) mass is 246 g/mol. The van der Waals surface area contributed by atoms with E-state index in [1.807, 2.05) is 0 Å². The SMILES string of the molecule is COc1nccc2c(S(=O)(=O)Cl)c[nH]c12. The fourth-order valence-electron chi connectivity index (χ4n) is 1.36. The number of ether oxygens (including phenoxy) is 1. The number of fused-ring (bicyclic) bond motifs is 1. The summed E-state index contributed by atoms with van der Waals surface area (Å²) in [5.41, 5.74) is 0.513. The molecule has 7 heteroatoms. The summed E-state index contributed by atoms with van der Waals surface area (Å²) in [6, 6.07) is 1.56. The second-order valence-electron chi connectivity index (χ2n) is 2.83. The Kier molecular flexibility index (Phi) is 2.32. The molecule has 0 aliphatic carbocycles. The Hall–Kier alpha value is -1.27. The highest BCUT2D eigenvalue weighted by Gasteiger charge is 2.17. The molecule has 2 heterocycles. The van der Waals surface area contributed by atoms with Crippen molar-refractivity contribution >= 4 is 30.6 Å². The molecule has 0 unspecified atom stereocenters. The summed E-state index contributed by atoms with van der Waals surface area (Å²) >= 11 is 0. The van der Waals surface area contributed by atoms with Crippen LogP contribution in [-0.2, 0) is 9.05 Å². The highest BCUT2D eigenvalue weighted by Crippen LogP contribution is 2.29. The quantitative estimate of drug-likeness (QED) is 0.815. The van der Waals surface area contributed by atoms with Crippen LogP contribution in [0.1, 0.15) is 0 Å². The van der Waals surface area contributed by atoms with Crippen LogP contribution >= 0.6 is 10.7 Å². The second-order valence-corrected chi connectivity index (χ2v) is 5.37. The molecule has 1 N–H and O–H groups in total. The number of nitrogens with one attached hydrogen (secondary N) is 1. The highest BCUT2D eigenvalue weighted by molar-refractivity contribution is 8.14. The average molecular weight is 247 g/mol. The number of methoxy groups -OCH3 is 1. The van der Waals surface area contributed by atoms with Gasteiger partial charge in [0, 0.05) is 28.5 Å². The number of nitrogens with zero attached hydrogens (tertiary/aromatic N) is 1. The van der Waals surface area contributed by atoms with Crippen molar-refractivity contribution in [2.45, 2.75) is 4.90 Å². The molecule has 80 valence electrons. The Morgan fingerprint density at radius 1 is 1.53 bits per heavy atom. The minimum Gasteiger partial charge on any atom is -0.479 e. The van der Waals surface area contributed by atoms with Crippen LogP contribution in [0.15, 0.2) is 23.4 Å². The molecule has 2 rings (SSSR count). The van der Waals surface area contributed by atoms with Crippen LogP contribution < -0.4 is 4.74 Å². The van der Waals surface area contributed by atoms with E-state index in [2.05, 4.69) is 9.97 Å². The third-order valence-electron chi connectivity index (χ3n) is 1.99. The Morgan fingerprint density at radius 2 is 2.27 bits per heavy atom. The number of hydrogen-bond acceptors (Lipinski definition) is 4. The van der Waals surface area contributed by atoms with E-state index in [1.165, 1.54) is 19.5 Å². The molecular formula is C8H7ClN2O3S. The normalized spacial score (nSPS) is 11.9. The predicted molar refractivity (Wildman–Crippen MR) is 55.7 cm³/mol. The Bertz CT molecular complexity index is 605. The molecule has 2 aromatic heterocycles. The third kappa shape index (κ3) is 1.66. The lowest BCUT2D eigenvalue weighted by Crippen LogP contribution is -1.90. The van der Waals surface area contributed by atoms with E-state index in [9.17, 15) is 8.42 Å². The van der Waals surface area contributed by atoms with Gasteiger partial charge in [-0.3, -0.25) is 0 Å². The maximum Gasteiger partial charge on any atom is 0.263 e. The zero-order valence-corrected chi connectivity index (χ0v) is 9.26. The largest absolute Gasteiger partial charge is 0.479 e. The second kappa shape index (κ2) is 3.39. The van der Waals surface area contributed by atoms with E-state index in [-0.39, 0.29) is 4.90 Å². The van der Waals surface area contributed by atoms with Gasteiger partial charge in [0.15, 0.2) is 0 Å². The van der Waals surface area contributed by atoms with Crippen molar-refractivity contribution in [1.29, 1.82) is 0 Å². The van der Waals surface area contributed by atoms with Gasteiger partial charge in [0.05, 0.1) is 7.11 Å². The van der Waals surface area contributed by atoms with Gasteiger partial charge in [-0.05, 0) is 6.07 Å². The van der Waals surface area contributed by atoms with Crippen LogP contribution in [-0.4, -0.2) is 25.5 Å².